The van der Waals surface area contributed by atoms with E-state index in [2.05, 4.69) is 24.5 Å². The molecule has 1 saturated heterocycles. The molecule has 0 radical (unpaired) electrons. The molecule has 0 bridgehead atoms. The minimum atomic E-state index is -0.0205. The number of ether oxygens (including phenoxy) is 1. The number of nitrogens with one attached hydrogen (secondary N) is 2. The first-order chi connectivity index (χ1) is 9.69. The van der Waals surface area contributed by atoms with Crippen molar-refractivity contribution in [2.24, 2.45) is 5.92 Å². The average molecular weight is 276 g/mol. The molecule has 110 valence electrons. The van der Waals surface area contributed by atoms with Crippen molar-refractivity contribution in [2.75, 3.05) is 19.7 Å². The number of rotatable bonds is 5. The number of carbonyl (C=O) groups excluding carboxylic acids is 1. The van der Waals surface area contributed by atoms with E-state index in [4.69, 9.17) is 4.74 Å². The molecule has 0 aromatic heterocycles. The maximum Gasteiger partial charge on any atom is 0.251 e. The molecule has 1 aliphatic heterocycles. The van der Waals surface area contributed by atoms with Gasteiger partial charge >= 0.3 is 0 Å². The van der Waals surface area contributed by atoms with Crippen molar-refractivity contribution in [3.63, 3.8) is 0 Å². The third-order valence-corrected chi connectivity index (χ3v) is 3.47. The second-order valence-corrected chi connectivity index (χ2v) is 5.55. The van der Waals surface area contributed by atoms with Crippen molar-refractivity contribution < 1.29 is 9.53 Å². The van der Waals surface area contributed by atoms with Crippen LogP contribution >= 0.6 is 0 Å². The minimum Gasteiger partial charge on any atom is -0.494 e. The van der Waals surface area contributed by atoms with Crippen LogP contribution in [-0.4, -0.2) is 31.6 Å². The number of carbonyl (C=O) groups is 1. The van der Waals surface area contributed by atoms with Crippen LogP contribution in [0.15, 0.2) is 24.3 Å². The Bertz CT molecular complexity index is 448. The van der Waals surface area contributed by atoms with Crippen molar-refractivity contribution in [2.45, 2.75) is 32.7 Å². The molecular weight excluding hydrogens is 252 g/mol. The molecule has 2 unspecified atom stereocenters. The first-order valence-electron chi connectivity index (χ1n) is 7.43. The summed E-state index contributed by atoms with van der Waals surface area (Å²) in [5.74, 6) is 1.34. The molecule has 2 atom stereocenters. The molecule has 1 aromatic rings. The van der Waals surface area contributed by atoms with E-state index >= 15 is 0 Å². The number of hydrogen-bond donors (Lipinski definition) is 2. The molecule has 1 heterocycles. The Labute approximate surface area is 120 Å². The standard InChI is InChI=1S/C16H24N2O2/c1-3-7-20-15-6-4-5-13(9-15)16(19)18-14-8-12(2)10-17-11-14/h4-6,9,12,14,17H,3,7-8,10-11H2,1-2H3,(H,18,19). The van der Waals surface area contributed by atoms with Crippen LogP contribution < -0.4 is 15.4 Å². The van der Waals surface area contributed by atoms with E-state index in [1.165, 1.54) is 0 Å². The fraction of sp³-hybridized carbons (Fsp3) is 0.562. The van der Waals surface area contributed by atoms with Gasteiger partial charge in [-0.2, -0.15) is 0 Å². The fourth-order valence-electron chi connectivity index (χ4n) is 2.48. The van der Waals surface area contributed by atoms with Crippen molar-refractivity contribution in [3.8, 4) is 5.75 Å². The summed E-state index contributed by atoms with van der Waals surface area (Å²) < 4.78 is 5.56. The summed E-state index contributed by atoms with van der Waals surface area (Å²) in [6.07, 6.45) is 1.99. The molecular formula is C16H24N2O2. The Morgan fingerprint density at radius 2 is 2.30 bits per heavy atom. The lowest BCUT2D eigenvalue weighted by Crippen LogP contribution is -2.48. The van der Waals surface area contributed by atoms with E-state index in [-0.39, 0.29) is 11.9 Å². The minimum absolute atomic E-state index is 0.0205. The van der Waals surface area contributed by atoms with Gasteiger partial charge in [-0.15, -0.1) is 0 Å². The molecule has 2 N–H and O–H groups in total. The molecule has 0 spiro atoms. The Morgan fingerprint density at radius 3 is 3.05 bits per heavy atom. The van der Waals surface area contributed by atoms with Crippen LogP contribution in [0.3, 0.4) is 0 Å². The topological polar surface area (TPSA) is 50.4 Å². The summed E-state index contributed by atoms with van der Waals surface area (Å²) in [7, 11) is 0. The third-order valence-electron chi connectivity index (χ3n) is 3.47. The van der Waals surface area contributed by atoms with Crippen LogP contribution in [0.4, 0.5) is 0 Å². The van der Waals surface area contributed by atoms with Crippen LogP contribution in [0.5, 0.6) is 5.75 Å². The smallest absolute Gasteiger partial charge is 0.251 e. The Hall–Kier alpha value is -1.55. The summed E-state index contributed by atoms with van der Waals surface area (Å²) in [6, 6.07) is 7.60. The summed E-state index contributed by atoms with van der Waals surface area (Å²) in [5, 5.41) is 6.43. The zero-order chi connectivity index (χ0) is 14.4. The highest BCUT2D eigenvalue weighted by atomic mass is 16.5. The second kappa shape index (κ2) is 7.29. The molecule has 1 fully saturated rings. The Balaban J connectivity index is 1.94. The van der Waals surface area contributed by atoms with E-state index in [0.717, 1.165) is 31.7 Å². The predicted molar refractivity (Wildman–Crippen MR) is 80.1 cm³/mol. The van der Waals surface area contributed by atoms with Gasteiger partial charge in [-0.1, -0.05) is 19.9 Å². The maximum absolute atomic E-state index is 12.3. The quantitative estimate of drug-likeness (QED) is 0.867. The van der Waals surface area contributed by atoms with Gasteiger partial charge in [0.1, 0.15) is 5.75 Å². The first-order valence-corrected chi connectivity index (χ1v) is 7.43. The lowest BCUT2D eigenvalue weighted by molar-refractivity contribution is 0.0925. The Morgan fingerprint density at radius 1 is 1.45 bits per heavy atom. The van der Waals surface area contributed by atoms with Crippen LogP contribution in [0.25, 0.3) is 0 Å². The molecule has 4 nitrogen and oxygen atoms in total. The highest BCUT2D eigenvalue weighted by Crippen LogP contribution is 2.15. The van der Waals surface area contributed by atoms with E-state index in [0.29, 0.717) is 18.1 Å². The summed E-state index contributed by atoms with van der Waals surface area (Å²) in [6.45, 7) is 6.82. The molecule has 1 amide bonds. The lowest BCUT2D eigenvalue weighted by Gasteiger charge is -2.28. The van der Waals surface area contributed by atoms with Gasteiger partial charge in [0.2, 0.25) is 0 Å². The SMILES string of the molecule is CCCOc1cccc(C(=O)NC2CNCC(C)C2)c1. The van der Waals surface area contributed by atoms with Gasteiger partial charge < -0.3 is 15.4 Å². The third kappa shape index (κ3) is 4.23. The highest BCUT2D eigenvalue weighted by Gasteiger charge is 2.20. The van der Waals surface area contributed by atoms with Gasteiger partial charge in [-0.3, -0.25) is 4.79 Å². The summed E-state index contributed by atoms with van der Waals surface area (Å²) in [5.41, 5.74) is 0.664. The van der Waals surface area contributed by atoms with E-state index in [1.807, 2.05) is 24.3 Å². The fourth-order valence-corrected chi connectivity index (χ4v) is 2.48. The molecule has 1 aliphatic rings. The first kappa shape index (κ1) is 14.9. The van der Waals surface area contributed by atoms with Gasteiger partial charge in [-0.25, -0.2) is 0 Å². The zero-order valence-corrected chi connectivity index (χ0v) is 12.3. The van der Waals surface area contributed by atoms with Crippen LogP contribution in [0.2, 0.25) is 0 Å². The van der Waals surface area contributed by atoms with Gasteiger partial charge in [0.05, 0.1) is 6.61 Å². The highest BCUT2D eigenvalue weighted by molar-refractivity contribution is 5.94. The monoisotopic (exact) mass is 276 g/mol. The van der Waals surface area contributed by atoms with Gasteiger partial charge in [0.15, 0.2) is 0 Å². The lowest BCUT2D eigenvalue weighted by atomic mass is 9.97. The van der Waals surface area contributed by atoms with Crippen molar-refractivity contribution in [1.82, 2.24) is 10.6 Å². The molecule has 4 heteroatoms. The second-order valence-electron chi connectivity index (χ2n) is 5.55. The normalized spacial score (nSPS) is 22.3. The largest absolute Gasteiger partial charge is 0.494 e. The molecule has 20 heavy (non-hydrogen) atoms. The average Bonchev–Trinajstić information content (AvgIpc) is 2.45. The van der Waals surface area contributed by atoms with Crippen molar-refractivity contribution in [1.29, 1.82) is 0 Å². The van der Waals surface area contributed by atoms with Crippen molar-refractivity contribution >= 4 is 5.91 Å². The number of piperidine rings is 1. The summed E-state index contributed by atoms with van der Waals surface area (Å²) >= 11 is 0. The van der Waals surface area contributed by atoms with Crippen LogP contribution in [0.1, 0.15) is 37.0 Å². The molecule has 0 aliphatic carbocycles. The van der Waals surface area contributed by atoms with Crippen molar-refractivity contribution in [3.05, 3.63) is 29.8 Å². The van der Waals surface area contributed by atoms with E-state index in [9.17, 15) is 4.79 Å². The number of benzene rings is 1. The Kier molecular flexibility index (Phi) is 5.41. The summed E-state index contributed by atoms with van der Waals surface area (Å²) in [4.78, 5) is 12.3. The van der Waals surface area contributed by atoms with Crippen LogP contribution in [0, 0.1) is 5.92 Å². The number of hydrogen-bond acceptors (Lipinski definition) is 3. The van der Waals surface area contributed by atoms with Crippen LogP contribution in [-0.2, 0) is 0 Å². The zero-order valence-electron chi connectivity index (χ0n) is 12.3. The van der Waals surface area contributed by atoms with Gasteiger partial charge in [0, 0.05) is 18.2 Å². The van der Waals surface area contributed by atoms with Gasteiger partial charge in [0.25, 0.3) is 5.91 Å². The predicted octanol–water partition coefficient (Wildman–Crippen LogP) is 2.20. The molecule has 2 rings (SSSR count). The van der Waals surface area contributed by atoms with E-state index in [1.54, 1.807) is 0 Å². The van der Waals surface area contributed by atoms with E-state index < -0.39 is 0 Å². The van der Waals surface area contributed by atoms with Gasteiger partial charge in [-0.05, 0) is 43.5 Å². The maximum atomic E-state index is 12.3. The molecule has 1 aromatic carbocycles. The molecule has 0 saturated carbocycles. The number of amides is 1.